The second kappa shape index (κ2) is 5.32. The van der Waals surface area contributed by atoms with Crippen molar-refractivity contribution in [2.45, 2.75) is 13.3 Å². The van der Waals surface area contributed by atoms with E-state index in [0.717, 1.165) is 23.5 Å². The van der Waals surface area contributed by atoms with Gasteiger partial charge in [0.15, 0.2) is 0 Å². The number of ether oxygens (including phenoxy) is 2. The first-order chi connectivity index (χ1) is 6.81. The molecule has 1 rings (SSSR count). The van der Waals surface area contributed by atoms with Crippen molar-refractivity contribution in [2.75, 3.05) is 14.2 Å². The van der Waals surface area contributed by atoms with Gasteiger partial charge in [-0.2, -0.15) is 0 Å². The fourth-order valence-electron chi connectivity index (χ4n) is 1.21. The molecule has 0 unspecified atom stereocenters. The van der Waals surface area contributed by atoms with Gasteiger partial charge >= 0.3 is 0 Å². The fraction of sp³-hybridized carbons (Fsp3) is 0.333. The first-order valence-electron chi connectivity index (χ1n) is 4.70. The number of methoxy groups -OCH3 is 2. The Hall–Kier alpha value is -1.44. The highest BCUT2D eigenvalue weighted by Crippen LogP contribution is 2.25. The summed E-state index contributed by atoms with van der Waals surface area (Å²) < 4.78 is 10.4. The van der Waals surface area contributed by atoms with Gasteiger partial charge in [-0.05, 0) is 24.6 Å². The Morgan fingerprint density at radius 3 is 2.57 bits per heavy atom. The molecule has 0 bridgehead atoms. The number of rotatable bonds is 4. The fourth-order valence-corrected chi connectivity index (χ4v) is 1.21. The second-order valence-electron chi connectivity index (χ2n) is 2.92. The molecule has 0 N–H and O–H groups in total. The van der Waals surface area contributed by atoms with Gasteiger partial charge in [0, 0.05) is 5.56 Å². The highest BCUT2D eigenvalue weighted by atomic mass is 16.5. The summed E-state index contributed by atoms with van der Waals surface area (Å²) in [7, 11) is 3.33. The van der Waals surface area contributed by atoms with Crippen LogP contribution in [0, 0.1) is 0 Å². The van der Waals surface area contributed by atoms with Crippen LogP contribution in [-0.2, 0) is 0 Å². The Morgan fingerprint density at radius 2 is 2.00 bits per heavy atom. The Kier molecular flexibility index (Phi) is 4.05. The summed E-state index contributed by atoms with van der Waals surface area (Å²) in [6, 6.07) is 5.77. The van der Waals surface area contributed by atoms with Crippen molar-refractivity contribution in [1.29, 1.82) is 0 Å². The van der Waals surface area contributed by atoms with E-state index in [0.29, 0.717) is 0 Å². The van der Waals surface area contributed by atoms with Crippen LogP contribution >= 0.6 is 0 Å². The summed E-state index contributed by atoms with van der Waals surface area (Å²) in [6.45, 7) is 2.10. The van der Waals surface area contributed by atoms with Gasteiger partial charge < -0.3 is 9.47 Å². The van der Waals surface area contributed by atoms with Gasteiger partial charge in [-0.15, -0.1) is 0 Å². The largest absolute Gasteiger partial charge is 0.497 e. The number of hydrogen-bond acceptors (Lipinski definition) is 2. The number of allylic oxidation sites excluding steroid dienone is 1. The third-order valence-corrected chi connectivity index (χ3v) is 1.97. The van der Waals surface area contributed by atoms with E-state index in [1.54, 1.807) is 14.2 Å². The predicted molar refractivity (Wildman–Crippen MR) is 58.9 cm³/mol. The number of hydrogen-bond donors (Lipinski definition) is 0. The van der Waals surface area contributed by atoms with Gasteiger partial charge in [-0.1, -0.05) is 19.1 Å². The third kappa shape index (κ3) is 2.52. The standard InChI is InChI=1S/C12H16O2/c1-4-5-6-10-9-11(13-2)7-8-12(10)14-3/h5-9H,4H2,1-3H3. The molecule has 76 valence electrons. The summed E-state index contributed by atoms with van der Waals surface area (Å²) in [5, 5.41) is 0. The quantitative estimate of drug-likeness (QED) is 0.729. The molecule has 0 spiro atoms. The summed E-state index contributed by atoms with van der Waals surface area (Å²) in [6.07, 6.45) is 5.15. The highest BCUT2D eigenvalue weighted by Gasteiger charge is 2.00. The Balaban J connectivity index is 3.02. The zero-order valence-corrected chi connectivity index (χ0v) is 8.91. The van der Waals surface area contributed by atoms with Crippen LogP contribution in [-0.4, -0.2) is 14.2 Å². The van der Waals surface area contributed by atoms with E-state index in [1.165, 1.54) is 0 Å². The summed E-state index contributed by atoms with van der Waals surface area (Å²) >= 11 is 0. The number of benzene rings is 1. The maximum Gasteiger partial charge on any atom is 0.126 e. The van der Waals surface area contributed by atoms with Gasteiger partial charge in [-0.3, -0.25) is 0 Å². The topological polar surface area (TPSA) is 18.5 Å². The molecule has 0 heterocycles. The van der Waals surface area contributed by atoms with E-state index >= 15 is 0 Å². The third-order valence-electron chi connectivity index (χ3n) is 1.97. The molecule has 0 radical (unpaired) electrons. The molecule has 0 fully saturated rings. The van der Waals surface area contributed by atoms with Crippen LogP contribution in [0.4, 0.5) is 0 Å². The van der Waals surface area contributed by atoms with Crippen molar-refractivity contribution in [1.82, 2.24) is 0 Å². The van der Waals surface area contributed by atoms with E-state index in [9.17, 15) is 0 Å². The minimum Gasteiger partial charge on any atom is -0.497 e. The van der Waals surface area contributed by atoms with E-state index < -0.39 is 0 Å². The van der Waals surface area contributed by atoms with Gasteiger partial charge in [0.1, 0.15) is 11.5 Å². The molecule has 0 aromatic heterocycles. The average molecular weight is 192 g/mol. The molecule has 0 amide bonds. The molecule has 1 aromatic carbocycles. The van der Waals surface area contributed by atoms with Crippen LogP contribution in [0.3, 0.4) is 0 Å². The zero-order chi connectivity index (χ0) is 10.4. The van der Waals surface area contributed by atoms with Crippen LogP contribution in [0.15, 0.2) is 24.3 Å². The van der Waals surface area contributed by atoms with Crippen LogP contribution in [0.25, 0.3) is 6.08 Å². The normalized spacial score (nSPS) is 10.5. The molecule has 14 heavy (non-hydrogen) atoms. The molecule has 0 atom stereocenters. The van der Waals surface area contributed by atoms with E-state index in [2.05, 4.69) is 13.0 Å². The molecule has 2 heteroatoms. The van der Waals surface area contributed by atoms with E-state index in [4.69, 9.17) is 9.47 Å². The molecule has 0 saturated carbocycles. The summed E-state index contributed by atoms with van der Waals surface area (Å²) in [5.41, 5.74) is 1.05. The van der Waals surface area contributed by atoms with Crippen LogP contribution in [0.5, 0.6) is 11.5 Å². The predicted octanol–water partition coefficient (Wildman–Crippen LogP) is 3.13. The smallest absolute Gasteiger partial charge is 0.126 e. The van der Waals surface area contributed by atoms with Crippen LogP contribution < -0.4 is 9.47 Å². The molecule has 1 aromatic rings. The lowest BCUT2D eigenvalue weighted by Gasteiger charge is -2.06. The van der Waals surface area contributed by atoms with Crippen molar-refractivity contribution in [2.24, 2.45) is 0 Å². The lowest BCUT2D eigenvalue weighted by atomic mass is 10.1. The van der Waals surface area contributed by atoms with Crippen molar-refractivity contribution in [3.63, 3.8) is 0 Å². The Morgan fingerprint density at radius 1 is 1.21 bits per heavy atom. The molecule has 2 nitrogen and oxygen atoms in total. The van der Waals surface area contributed by atoms with Crippen molar-refractivity contribution in [3.05, 3.63) is 29.8 Å². The maximum absolute atomic E-state index is 5.24. The van der Waals surface area contributed by atoms with Crippen molar-refractivity contribution >= 4 is 6.08 Å². The zero-order valence-electron chi connectivity index (χ0n) is 8.91. The summed E-state index contributed by atoms with van der Waals surface area (Å²) in [5.74, 6) is 1.72. The monoisotopic (exact) mass is 192 g/mol. The van der Waals surface area contributed by atoms with Gasteiger partial charge in [0.05, 0.1) is 14.2 Å². The minimum absolute atomic E-state index is 0.849. The molecule has 0 aliphatic carbocycles. The van der Waals surface area contributed by atoms with Gasteiger partial charge in [-0.25, -0.2) is 0 Å². The Bertz CT molecular complexity index is 316. The molecule has 0 aliphatic rings. The molecule has 0 saturated heterocycles. The van der Waals surface area contributed by atoms with E-state index in [-0.39, 0.29) is 0 Å². The maximum atomic E-state index is 5.24. The highest BCUT2D eigenvalue weighted by molar-refractivity contribution is 5.59. The van der Waals surface area contributed by atoms with Crippen LogP contribution in [0.1, 0.15) is 18.9 Å². The van der Waals surface area contributed by atoms with Gasteiger partial charge in [0.25, 0.3) is 0 Å². The van der Waals surface area contributed by atoms with Gasteiger partial charge in [0.2, 0.25) is 0 Å². The van der Waals surface area contributed by atoms with Crippen molar-refractivity contribution < 1.29 is 9.47 Å². The average Bonchev–Trinajstić information content (AvgIpc) is 2.25. The minimum atomic E-state index is 0.849. The Labute approximate surface area is 85.2 Å². The lowest BCUT2D eigenvalue weighted by Crippen LogP contribution is -1.89. The second-order valence-corrected chi connectivity index (χ2v) is 2.92. The van der Waals surface area contributed by atoms with E-state index in [1.807, 2.05) is 24.3 Å². The first-order valence-corrected chi connectivity index (χ1v) is 4.70. The lowest BCUT2D eigenvalue weighted by molar-refractivity contribution is 0.402. The first kappa shape index (κ1) is 10.6. The van der Waals surface area contributed by atoms with Crippen LogP contribution in [0.2, 0.25) is 0 Å². The molecular formula is C12H16O2. The SMILES string of the molecule is CCC=Cc1cc(OC)ccc1OC. The summed E-state index contributed by atoms with van der Waals surface area (Å²) in [4.78, 5) is 0. The van der Waals surface area contributed by atoms with Crippen molar-refractivity contribution in [3.8, 4) is 11.5 Å². The molecular weight excluding hydrogens is 176 g/mol. The molecule has 0 aliphatic heterocycles.